The minimum atomic E-state index is -0.455. The molecule has 2 amide bonds. The van der Waals surface area contributed by atoms with E-state index in [9.17, 15) is 27.6 Å². The number of ether oxygens (including phenoxy) is 1. The number of amides is 2. The molecule has 4 heterocycles. The normalized spacial score (nSPS) is 15.9. The van der Waals surface area contributed by atoms with Crippen LogP contribution in [0.4, 0.5) is 30.3 Å². The average molecular weight is 774 g/mol. The number of nitrogens with zero attached hydrogens (tertiary/aromatic N) is 3. The first-order valence-electron chi connectivity index (χ1n) is 18.3. The van der Waals surface area contributed by atoms with E-state index in [4.69, 9.17) is 4.74 Å². The summed E-state index contributed by atoms with van der Waals surface area (Å²) in [7, 11) is 1.93. The van der Waals surface area contributed by atoms with Crippen molar-refractivity contribution in [2.75, 3.05) is 55.4 Å². The number of allylic oxidation sites excluding steroid dienone is 1. The second-order valence-corrected chi connectivity index (χ2v) is 14.5. The number of hydrogen-bond acceptors (Lipinski definition) is 7. The molecule has 0 bridgehead atoms. The number of hydrogen-bond donors (Lipinski definition) is 2. The molecule has 1 aromatic heterocycles. The van der Waals surface area contributed by atoms with Crippen molar-refractivity contribution < 1.29 is 32.4 Å². The Labute approximate surface area is 323 Å². The van der Waals surface area contributed by atoms with Crippen LogP contribution in [0.3, 0.4) is 0 Å². The number of likely N-dealkylation sites (N-methyl/N-ethyl adjacent to an activating group) is 1. The van der Waals surface area contributed by atoms with Gasteiger partial charge in [0, 0.05) is 72.7 Å². The number of amidine groups is 1. The van der Waals surface area contributed by atoms with Gasteiger partial charge in [0.05, 0.1) is 16.1 Å². The third kappa shape index (κ3) is 9.34. The standard InChI is InChI=1S/C21H18F2N2OS.C19H22FN3O3.C2H6/c1-12-4-3-5-16(23)19(12)24-21(26)18-10-13-8-9-25(2)17-11-14(22)6-7-15(17)20(13)27-18;1-2-16(18(25)21-15-5-3-14(11-24)4-6-15)17(22-20)23-12-19(13-23)7-9-26-10-8-19;1-2/h3-7,10-11H,8-9H2,1-2H3,(H,24,26);2-6,11H,7-10,12-13H2,1H3,(H,21,25);1-2H3/b;16-2+,22-17+;. The van der Waals surface area contributed by atoms with Crippen LogP contribution in [-0.2, 0) is 16.0 Å². The highest BCUT2D eigenvalue weighted by Gasteiger charge is 2.46. The van der Waals surface area contributed by atoms with E-state index in [1.807, 2.05) is 31.9 Å². The first-order valence-corrected chi connectivity index (χ1v) is 19.1. The lowest BCUT2D eigenvalue weighted by atomic mass is 9.73. The second kappa shape index (κ2) is 18.4. The van der Waals surface area contributed by atoms with Gasteiger partial charge in [0.2, 0.25) is 0 Å². The molecule has 13 heteroatoms. The predicted molar refractivity (Wildman–Crippen MR) is 214 cm³/mol. The molecule has 3 aromatic carbocycles. The number of aldehydes is 1. The number of nitrogens with one attached hydrogen (secondary N) is 2. The lowest BCUT2D eigenvalue weighted by molar-refractivity contribution is -0.112. The van der Waals surface area contributed by atoms with E-state index in [1.54, 1.807) is 67.3 Å². The van der Waals surface area contributed by atoms with Gasteiger partial charge >= 0.3 is 0 Å². The largest absolute Gasteiger partial charge is 0.381 e. The molecule has 3 aliphatic heterocycles. The van der Waals surface area contributed by atoms with E-state index in [0.29, 0.717) is 34.8 Å². The molecule has 4 aromatic rings. The zero-order valence-corrected chi connectivity index (χ0v) is 32.5. The molecule has 290 valence electrons. The van der Waals surface area contributed by atoms with Gasteiger partial charge in [-0.1, -0.05) is 41.8 Å². The molecular weight excluding hydrogens is 728 g/mol. The monoisotopic (exact) mass is 773 g/mol. The highest BCUT2D eigenvalue weighted by Crippen LogP contribution is 2.42. The lowest BCUT2D eigenvalue weighted by Crippen LogP contribution is -2.60. The summed E-state index contributed by atoms with van der Waals surface area (Å²) in [6.07, 6.45) is 4.94. The van der Waals surface area contributed by atoms with Gasteiger partial charge in [-0.2, -0.15) is 0 Å². The van der Waals surface area contributed by atoms with Gasteiger partial charge in [0.25, 0.3) is 11.8 Å². The number of carbonyl (C=O) groups is 3. The van der Waals surface area contributed by atoms with Crippen molar-refractivity contribution in [2.24, 2.45) is 10.6 Å². The number of benzene rings is 3. The van der Waals surface area contributed by atoms with Gasteiger partial charge in [-0.25, -0.2) is 8.78 Å². The molecule has 0 aliphatic carbocycles. The van der Waals surface area contributed by atoms with E-state index < -0.39 is 11.7 Å². The number of aryl methyl sites for hydroxylation is 1. The van der Waals surface area contributed by atoms with Gasteiger partial charge in [-0.15, -0.1) is 11.3 Å². The van der Waals surface area contributed by atoms with Crippen LogP contribution in [0.2, 0.25) is 0 Å². The zero-order valence-electron chi connectivity index (χ0n) is 31.7. The van der Waals surface area contributed by atoms with Crippen LogP contribution in [0.25, 0.3) is 10.4 Å². The van der Waals surface area contributed by atoms with E-state index in [1.165, 1.54) is 29.5 Å². The molecule has 7 rings (SSSR count). The van der Waals surface area contributed by atoms with E-state index in [0.717, 1.165) is 67.0 Å². The first-order chi connectivity index (χ1) is 26.5. The van der Waals surface area contributed by atoms with Crippen LogP contribution in [0, 0.1) is 24.0 Å². The van der Waals surface area contributed by atoms with Crippen molar-refractivity contribution in [2.45, 2.75) is 47.0 Å². The summed E-state index contributed by atoms with van der Waals surface area (Å²) in [6.45, 7) is 11.0. The minimum Gasteiger partial charge on any atom is -0.381 e. The Morgan fingerprint density at radius 3 is 2.33 bits per heavy atom. The summed E-state index contributed by atoms with van der Waals surface area (Å²) in [5.74, 6) is -1.45. The Hall–Kier alpha value is -5.27. The smallest absolute Gasteiger partial charge is 0.265 e. The molecule has 3 aliphatic rings. The average Bonchev–Trinajstić information content (AvgIpc) is 3.57. The zero-order chi connectivity index (χ0) is 39.7. The fourth-order valence-electron chi connectivity index (χ4n) is 6.85. The Morgan fingerprint density at radius 1 is 0.982 bits per heavy atom. The number of para-hydroxylation sites is 1. The van der Waals surface area contributed by atoms with Crippen molar-refractivity contribution in [3.63, 3.8) is 0 Å². The predicted octanol–water partition coefficient (Wildman–Crippen LogP) is 9.05. The number of carbonyl (C=O) groups excluding carboxylic acids is 3. The molecule has 2 saturated heterocycles. The molecule has 55 heavy (non-hydrogen) atoms. The Balaban J connectivity index is 0.000000202. The topological polar surface area (TPSA) is 103 Å². The molecule has 0 radical (unpaired) electrons. The summed E-state index contributed by atoms with van der Waals surface area (Å²) in [5.41, 5.74) is 5.03. The van der Waals surface area contributed by atoms with Gasteiger partial charge in [-0.05, 0) is 98.8 Å². The lowest BCUT2D eigenvalue weighted by Gasteiger charge is -2.53. The highest BCUT2D eigenvalue weighted by atomic mass is 32.1. The molecule has 0 atom stereocenters. The second-order valence-electron chi connectivity index (χ2n) is 13.5. The van der Waals surface area contributed by atoms with Crippen LogP contribution in [-0.4, -0.2) is 68.7 Å². The molecular formula is C42H46F3N5O4S. The quantitative estimate of drug-likeness (QED) is 0.0878. The third-order valence-electron chi connectivity index (χ3n) is 9.89. The molecule has 2 fully saturated rings. The van der Waals surface area contributed by atoms with Crippen molar-refractivity contribution in [3.05, 3.63) is 112 Å². The number of thiophene rings is 1. The fourth-order valence-corrected chi connectivity index (χ4v) is 7.99. The van der Waals surface area contributed by atoms with Gasteiger partial charge in [0.1, 0.15) is 17.9 Å². The molecule has 1 spiro atoms. The summed E-state index contributed by atoms with van der Waals surface area (Å²) >= 11 is 1.35. The van der Waals surface area contributed by atoms with Crippen LogP contribution >= 0.6 is 11.3 Å². The van der Waals surface area contributed by atoms with E-state index in [2.05, 4.69) is 15.8 Å². The molecule has 2 N–H and O–H groups in total. The van der Waals surface area contributed by atoms with Gasteiger partial charge in [-0.3, -0.25) is 14.4 Å². The minimum absolute atomic E-state index is 0.0617. The third-order valence-corrected chi connectivity index (χ3v) is 11.1. The Bertz CT molecular complexity index is 2050. The Kier molecular flexibility index (Phi) is 13.7. The van der Waals surface area contributed by atoms with Gasteiger partial charge < -0.3 is 25.2 Å². The fraction of sp³-hybridized carbons (Fsp3) is 0.333. The van der Waals surface area contributed by atoms with Crippen LogP contribution in [0.5, 0.6) is 0 Å². The van der Waals surface area contributed by atoms with Crippen molar-refractivity contribution in [1.82, 2.24) is 4.90 Å². The van der Waals surface area contributed by atoms with Crippen molar-refractivity contribution in [3.8, 4) is 10.4 Å². The van der Waals surface area contributed by atoms with Crippen molar-refractivity contribution in [1.29, 1.82) is 0 Å². The summed E-state index contributed by atoms with van der Waals surface area (Å²) < 4.78 is 46.5. The number of halogens is 3. The number of rotatable bonds is 6. The SMILES string of the molecule is C/C=C(C(=O)Nc1ccc(C=O)cc1)\C(=N/F)N1CC2(CCOCC2)C1.CC.Cc1cccc(F)c1NC(=O)c1cc2c(s1)-c1ccc(F)cc1N(C)CC2. The van der Waals surface area contributed by atoms with Crippen LogP contribution < -0.4 is 15.5 Å². The maximum absolute atomic E-state index is 14.0. The molecule has 0 unspecified atom stereocenters. The Morgan fingerprint density at radius 2 is 1.69 bits per heavy atom. The molecule has 0 saturated carbocycles. The summed E-state index contributed by atoms with van der Waals surface area (Å²) in [6, 6.07) is 17.7. The summed E-state index contributed by atoms with van der Waals surface area (Å²) in [4.78, 5) is 41.3. The maximum Gasteiger partial charge on any atom is 0.265 e. The molecule has 9 nitrogen and oxygen atoms in total. The van der Waals surface area contributed by atoms with Crippen LogP contribution in [0.15, 0.2) is 83.6 Å². The maximum atomic E-state index is 14.0. The van der Waals surface area contributed by atoms with E-state index in [-0.39, 0.29) is 34.2 Å². The van der Waals surface area contributed by atoms with Crippen LogP contribution in [0.1, 0.15) is 64.8 Å². The number of anilines is 3. The highest BCUT2D eigenvalue weighted by molar-refractivity contribution is 7.17. The summed E-state index contributed by atoms with van der Waals surface area (Å²) in [5, 5.41) is 8.29. The first kappa shape index (κ1) is 40.9. The number of likely N-dealkylation sites (tertiary alicyclic amines) is 1. The van der Waals surface area contributed by atoms with Gasteiger partial charge in [0.15, 0.2) is 5.84 Å². The number of fused-ring (bicyclic) bond motifs is 3. The van der Waals surface area contributed by atoms with E-state index >= 15 is 0 Å². The van der Waals surface area contributed by atoms with Crippen molar-refractivity contribution >= 4 is 52.3 Å².